The van der Waals surface area contributed by atoms with Crippen LogP contribution < -0.4 is 10.1 Å². The molecule has 0 atom stereocenters. The zero-order valence-electron chi connectivity index (χ0n) is 17.2. The molecule has 3 aromatic heterocycles. The fraction of sp³-hybridized carbons (Fsp3) is 0.286. The molecule has 0 aliphatic heterocycles. The molecular weight excluding hydrogens is 382 g/mol. The Morgan fingerprint density at radius 1 is 1.10 bits per heavy atom. The summed E-state index contributed by atoms with van der Waals surface area (Å²) < 4.78 is 8.81. The molecule has 1 N–H and O–H groups in total. The topological polar surface area (TPSA) is 99.2 Å². The van der Waals surface area contributed by atoms with E-state index in [0.717, 1.165) is 28.4 Å². The van der Waals surface area contributed by atoms with Crippen LogP contribution in [0.25, 0.3) is 11.5 Å². The smallest absolute Gasteiger partial charge is 0.224 e. The summed E-state index contributed by atoms with van der Waals surface area (Å²) in [4.78, 5) is 12.4. The largest absolute Gasteiger partial charge is 0.494 e. The molecule has 3 heterocycles. The molecule has 4 rings (SSSR count). The number of nitrogens with zero attached hydrogens (tertiary/aromatic N) is 6. The molecule has 1 amide bonds. The molecule has 0 radical (unpaired) electrons. The van der Waals surface area contributed by atoms with E-state index in [4.69, 9.17) is 4.74 Å². The van der Waals surface area contributed by atoms with E-state index in [2.05, 4.69) is 25.7 Å². The van der Waals surface area contributed by atoms with Gasteiger partial charge >= 0.3 is 0 Å². The molecule has 0 bridgehead atoms. The first-order valence-electron chi connectivity index (χ1n) is 9.80. The van der Waals surface area contributed by atoms with Crippen LogP contribution in [-0.4, -0.2) is 42.1 Å². The van der Waals surface area contributed by atoms with Gasteiger partial charge in [-0.25, -0.2) is 4.68 Å². The number of benzene rings is 1. The van der Waals surface area contributed by atoms with Crippen LogP contribution in [0.15, 0.2) is 42.7 Å². The van der Waals surface area contributed by atoms with Crippen molar-refractivity contribution in [2.24, 2.45) is 0 Å². The number of amides is 1. The predicted molar refractivity (Wildman–Crippen MR) is 112 cm³/mol. The van der Waals surface area contributed by atoms with Crippen LogP contribution in [0, 0.1) is 13.8 Å². The summed E-state index contributed by atoms with van der Waals surface area (Å²) in [7, 11) is 0. The highest BCUT2D eigenvalue weighted by Gasteiger charge is 2.15. The fourth-order valence-corrected chi connectivity index (χ4v) is 3.35. The van der Waals surface area contributed by atoms with Gasteiger partial charge in [-0.05, 0) is 69.2 Å². The van der Waals surface area contributed by atoms with E-state index < -0.39 is 0 Å². The Kier molecular flexibility index (Phi) is 5.42. The van der Waals surface area contributed by atoms with Crippen LogP contribution in [0.3, 0.4) is 0 Å². The van der Waals surface area contributed by atoms with E-state index in [0.29, 0.717) is 30.9 Å². The first-order chi connectivity index (χ1) is 14.5. The van der Waals surface area contributed by atoms with E-state index in [1.165, 1.54) is 0 Å². The molecule has 9 heteroatoms. The molecule has 154 valence electrons. The molecular formula is C21H23N7O2. The van der Waals surface area contributed by atoms with Crippen molar-refractivity contribution >= 4 is 17.2 Å². The van der Waals surface area contributed by atoms with Crippen molar-refractivity contribution in [3.8, 4) is 11.6 Å². The third-order valence-corrected chi connectivity index (χ3v) is 4.86. The number of aromatic nitrogens is 6. The van der Waals surface area contributed by atoms with E-state index in [-0.39, 0.29) is 5.91 Å². The molecule has 1 aromatic carbocycles. The summed E-state index contributed by atoms with van der Waals surface area (Å²) in [6, 6.07) is 11.1. The van der Waals surface area contributed by atoms with Gasteiger partial charge in [-0.1, -0.05) is 0 Å². The number of anilines is 1. The first-order valence-corrected chi connectivity index (χ1v) is 9.80. The molecule has 0 fully saturated rings. The van der Waals surface area contributed by atoms with E-state index in [1.54, 1.807) is 15.5 Å². The van der Waals surface area contributed by atoms with Crippen LogP contribution in [-0.2, 0) is 11.2 Å². The van der Waals surface area contributed by atoms with E-state index in [1.807, 2.05) is 57.2 Å². The van der Waals surface area contributed by atoms with Crippen LogP contribution in [0.4, 0.5) is 5.69 Å². The Hall–Kier alpha value is -3.75. The maximum absolute atomic E-state index is 12.4. The second-order valence-corrected chi connectivity index (χ2v) is 6.89. The monoisotopic (exact) mass is 405 g/mol. The van der Waals surface area contributed by atoms with Crippen molar-refractivity contribution in [1.82, 2.24) is 29.6 Å². The van der Waals surface area contributed by atoms with Crippen LogP contribution in [0.1, 0.15) is 30.3 Å². The number of nitrogens with one attached hydrogen (secondary N) is 1. The van der Waals surface area contributed by atoms with Crippen molar-refractivity contribution in [2.45, 2.75) is 33.6 Å². The number of fused-ring (bicyclic) bond motifs is 1. The van der Waals surface area contributed by atoms with Gasteiger partial charge in [0.25, 0.3) is 0 Å². The molecule has 0 saturated carbocycles. The standard InChI is InChI=1S/C21H23N7O2/c1-4-30-17-7-5-16(6-8-17)23-21(29)12-9-18-14(2)25-28(15(18)3)20-11-10-19-24-22-13-27(19)26-20/h5-8,10-11,13H,4,9,12H2,1-3H3,(H,23,29). The van der Waals surface area contributed by atoms with Gasteiger partial charge in [0.05, 0.1) is 12.3 Å². The number of carbonyl (C=O) groups is 1. The lowest BCUT2D eigenvalue weighted by atomic mass is 10.1. The highest BCUT2D eigenvalue weighted by atomic mass is 16.5. The van der Waals surface area contributed by atoms with Crippen molar-refractivity contribution in [3.05, 3.63) is 59.7 Å². The van der Waals surface area contributed by atoms with Gasteiger partial charge < -0.3 is 10.1 Å². The summed E-state index contributed by atoms with van der Waals surface area (Å²) >= 11 is 0. The highest BCUT2D eigenvalue weighted by molar-refractivity contribution is 5.90. The lowest BCUT2D eigenvalue weighted by Crippen LogP contribution is -2.12. The van der Waals surface area contributed by atoms with Crippen molar-refractivity contribution in [2.75, 3.05) is 11.9 Å². The van der Waals surface area contributed by atoms with Crippen molar-refractivity contribution in [3.63, 3.8) is 0 Å². The average Bonchev–Trinajstić information content (AvgIpc) is 3.32. The van der Waals surface area contributed by atoms with Crippen LogP contribution in [0.2, 0.25) is 0 Å². The first kappa shape index (κ1) is 19.6. The Bertz CT molecular complexity index is 1180. The Balaban J connectivity index is 1.44. The third kappa shape index (κ3) is 4.00. The molecule has 0 spiro atoms. The maximum Gasteiger partial charge on any atom is 0.224 e. The maximum atomic E-state index is 12.4. The van der Waals surface area contributed by atoms with Gasteiger partial charge in [-0.3, -0.25) is 4.79 Å². The number of rotatable bonds is 7. The summed E-state index contributed by atoms with van der Waals surface area (Å²) in [5.41, 5.74) is 4.31. The Morgan fingerprint density at radius 2 is 1.90 bits per heavy atom. The lowest BCUT2D eigenvalue weighted by molar-refractivity contribution is -0.116. The molecule has 0 aliphatic carbocycles. The SMILES string of the molecule is CCOc1ccc(NC(=O)CCc2c(C)nn(-c3ccc4nncn4n3)c2C)cc1. The van der Waals surface area contributed by atoms with Gasteiger partial charge in [0.2, 0.25) is 5.91 Å². The van der Waals surface area contributed by atoms with Gasteiger partial charge in [-0.15, -0.1) is 15.3 Å². The summed E-state index contributed by atoms with van der Waals surface area (Å²) in [6.07, 6.45) is 2.50. The van der Waals surface area contributed by atoms with Gasteiger partial charge in [0.15, 0.2) is 11.5 Å². The van der Waals surface area contributed by atoms with Crippen LogP contribution >= 0.6 is 0 Å². The zero-order valence-corrected chi connectivity index (χ0v) is 17.2. The molecule has 30 heavy (non-hydrogen) atoms. The molecule has 4 aromatic rings. The van der Waals surface area contributed by atoms with Gasteiger partial charge in [-0.2, -0.15) is 9.61 Å². The molecule has 0 aliphatic rings. The number of carbonyl (C=O) groups excluding carboxylic acids is 1. The minimum absolute atomic E-state index is 0.0465. The predicted octanol–water partition coefficient (Wildman–Crippen LogP) is 2.90. The van der Waals surface area contributed by atoms with Crippen LogP contribution in [0.5, 0.6) is 5.75 Å². The second kappa shape index (κ2) is 8.32. The van der Waals surface area contributed by atoms with Crippen molar-refractivity contribution < 1.29 is 9.53 Å². The molecule has 0 unspecified atom stereocenters. The Morgan fingerprint density at radius 3 is 2.67 bits per heavy atom. The third-order valence-electron chi connectivity index (χ3n) is 4.86. The number of hydrogen-bond donors (Lipinski definition) is 1. The Labute approximate surface area is 173 Å². The number of ether oxygens (including phenoxy) is 1. The average molecular weight is 405 g/mol. The zero-order chi connectivity index (χ0) is 21.1. The normalized spacial score (nSPS) is 11.0. The van der Waals surface area contributed by atoms with Gasteiger partial charge in [0, 0.05) is 17.8 Å². The van der Waals surface area contributed by atoms with Gasteiger partial charge in [0.1, 0.15) is 12.1 Å². The van der Waals surface area contributed by atoms with E-state index in [9.17, 15) is 4.79 Å². The summed E-state index contributed by atoms with van der Waals surface area (Å²) in [5.74, 6) is 1.41. The quantitative estimate of drug-likeness (QED) is 0.508. The second-order valence-electron chi connectivity index (χ2n) is 6.89. The fourth-order valence-electron chi connectivity index (χ4n) is 3.35. The molecule has 0 saturated heterocycles. The summed E-state index contributed by atoms with van der Waals surface area (Å²) in [5, 5.41) is 19.8. The number of hydrogen-bond acceptors (Lipinski definition) is 6. The lowest BCUT2D eigenvalue weighted by Gasteiger charge is -2.08. The minimum atomic E-state index is -0.0465. The summed E-state index contributed by atoms with van der Waals surface area (Å²) in [6.45, 7) is 6.48. The van der Waals surface area contributed by atoms with E-state index >= 15 is 0 Å². The molecule has 9 nitrogen and oxygen atoms in total. The highest BCUT2D eigenvalue weighted by Crippen LogP contribution is 2.20. The van der Waals surface area contributed by atoms with Crippen molar-refractivity contribution in [1.29, 1.82) is 0 Å². The minimum Gasteiger partial charge on any atom is -0.494 e. The number of aryl methyl sites for hydroxylation is 1.